The van der Waals surface area contributed by atoms with Gasteiger partial charge in [0.25, 0.3) is 0 Å². The second-order valence-electron chi connectivity index (χ2n) is 7.53. The van der Waals surface area contributed by atoms with E-state index in [4.69, 9.17) is 4.43 Å². The molecular formula is C17H28O2Si. The van der Waals surface area contributed by atoms with E-state index in [-0.39, 0.29) is 11.1 Å². The van der Waals surface area contributed by atoms with Gasteiger partial charge in [-0.25, -0.2) is 0 Å². The van der Waals surface area contributed by atoms with Gasteiger partial charge >= 0.3 is 0 Å². The Bertz CT molecular complexity index is 458. The van der Waals surface area contributed by atoms with Crippen LogP contribution in [-0.4, -0.2) is 13.4 Å². The summed E-state index contributed by atoms with van der Waals surface area (Å²) in [7, 11) is -1.74. The summed E-state index contributed by atoms with van der Waals surface area (Å²) in [5, 5.41) is 10.6. The maximum absolute atomic E-state index is 10.4. The SMILES string of the molecule is CC(C)(C)[Si](C)(C)OCc1ccccc1[C@@H](O)C1CC1. The Hall–Kier alpha value is -0.643. The van der Waals surface area contributed by atoms with Gasteiger partial charge in [-0.2, -0.15) is 0 Å². The number of aliphatic hydroxyl groups excluding tert-OH is 1. The molecule has 0 bridgehead atoms. The zero-order valence-electron chi connectivity index (χ0n) is 13.4. The predicted octanol–water partition coefficient (Wildman–Crippen LogP) is 4.65. The smallest absolute Gasteiger partial charge is 0.192 e. The molecule has 0 spiro atoms. The fraction of sp³-hybridized carbons (Fsp3) is 0.647. The van der Waals surface area contributed by atoms with Gasteiger partial charge in [0, 0.05) is 0 Å². The monoisotopic (exact) mass is 292 g/mol. The lowest BCUT2D eigenvalue weighted by molar-refractivity contribution is 0.150. The van der Waals surface area contributed by atoms with Crippen LogP contribution in [0.5, 0.6) is 0 Å². The zero-order valence-corrected chi connectivity index (χ0v) is 14.4. The van der Waals surface area contributed by atoms with Crippen molar-refractivity contribution in [2.75, 3.05) is 0 Å². The lowest BCUT2D eigenvalue weighted by Gasteiger charge is -2.36. The van der Waals surface area contributed by atoms with Crippen LogP contribution in [0, 0.1) is 5.92 Å². The van der Waals surface area contributed by atoms with Crippen LogP contribution in [0.3, 0.4) is 0 Å². The Balaban J connectivity index is 2.10. The summed E-state index contributed by atoms with van der Waals surface area (Å²) in [5.74, 6) is 0.462. The quantitative estimate of drug-likeness (QED) is 0.800. The minimum Gasteiger partial charge on any atom is -0.413 e. The highest BCUT2D eigenvalue weighted by Gasteiger charge is 2.37. The standard InChI is InChI=1S/C17H28O2Si/c1-17(2,3)20(4,5)19-12-14-8-6-7-9-15(14)16(18)13-10-11-13/h6-9,13,16,18H,10-12H2,1-5H3/t16-/m0/s1. The van der Waals surface area contributed by atoms with Crippen molar-refractivity contribution >= 4 is 8.32 Å². The molecule has 1 aliphatic carbocycles. The zero-order chi connectivity index (χ0) is 15.0. The highest BCUT2D eigenvalue weighted by Crippen LogP contribution is 2.42. The van der Waals surface area contributed by atoms with Crippen molar-refractivity contribution in [1.29, 1.82) is 0 Å². The highest BCUT2D eigenvalue weighted by molar-refractivity contribution is 6.74. The van der Waals surface area contributed by atoms with Crippen LogP contribution in [0.15, 0.2) is 24.3 Å². The maximum atomic E-state index is 10.4. The van der Waals surface area contributed by atoms with Crippen molar-refractivity contribution < 1.29 is 9.53 Å². The van der Waals surface area contributed by atoms with E-state index in [1.807, 2.05) is 18.2 Å². The molecule has 2 nitrogen and oxygen atoms in total. The van der Waals surface area contributed by atoms with E-state index in [0.29, 0.717) is 12.5 Å². The Morgan fingerprint density at radius 3 is 2.40 bits per heavy atom. The van der Waals surface area contributed by atoms with Crippen molar-refractivity contribution in [3.05, 3.63) is 35.4 Å². The van der Waals surface area contributed by atoms with Crippen LogP contribution >= 0.6 is 0 Å². The molecule has 1 atom stereocenters. The van der Waals surface area contributed by atoms with Gasteiger partial charge in [0.05, 0.1) is 12.7 Å². The summed E-state index contributed by atoms with van der Waals surface area (Å²) in [6.07, 6.45) is 1.99. The number of benzene rings is 1. The van der Waals surface area contributed by atoms with Gasteiger partial charge < -0.3 is 9.53 Å². The van der Waals surface area contributed by atoms with Crippen LogP contribution in [-0.2, 0) is 11.0 Å². The van der Waals surface area contributed by atoms with E-state index in [2.05, 4.69) is 39.9 Å². The Kier molecular flexibility index (Phi) is 4.43. The minimum atomic E-state index is -1.74. The first-order valence-corrected chi connectivity index (χ1v) is 10.5. The van der Waals surface area contributed by atoms with E-state index in [9.17, 15) is 5.11 Å². The van der Waals surface area contributed by atoms with Crippen molar-refractivity contribution in [1.82, 2.24) is 0 Å². The van der Waals surface area contributed by atoms with Gasteiger partial charge in [-0.05, 0) is 48.0 Å². The van der Waals surface area contributed by atoms with E-state index in [0.717, 1.165) is 24.0 Å². The topological polar surface area (TPSA) is 29.5 Å². The van der Waals surface area contributed by atoms with E-state index in [1.54, 1.807) is 0 Å². The van der Waals surface area contributed by atoms with Crippen molar-refractivity contribution in [3.63, 3.8) is 0 Å². The fourth-order valence-corrected chi connectivity index (χ4v) is 3.04. The van der Waals surface area contributed by atoms with Crippen molar-refractivity contribution in [3.8, 4) is 0 Å². The van der Waals surface area contributed by atoms with Gasteiger partial charge in [0.2, 0.25) is 0 Å². The van der Waals surface area contributed by atoms with Crippen molar-refractivity contribution in [2.24, 2.45) is 5.92 Å². The van der Waals surface area contributed by atoms with Crippen LogP contribution in [0.25, 0.3) is 0 Å². The number of hydrogen-bond donors (Lipinski definition) is 1. The molecule has 1 fully saturated rings. The first kappa shape index (κ1) is 15.7. The molecule has 0 amide bonds. The average molecular weight is 292 g/mol. The molecule has 112 valence electrons. The lowest BCUT2D eigenvalue weighted by atomic mass is 10.00. The molecule has 3 heteroatoms. The molecule has 0 unspecified atom stereocenters. The second-order valence-corrected chi connectivity index (χ2v) is 12.3. The molecule has 1 N–H and O–H groups in total. The van der Waals surface area contributed by atoms with Crippen LogP contribution < -0.4 is 0 Å². The Labute approximate surface area is 124 Å². The van der Waals surface area contributed by atoms with Gasteiger partial charge in [0.1, 0.15) is 0 Å². The van der Waals surface area contributed by atoms with Gasteiger partial charge in [0.15, 0.2) is 8.32 Å². The summed E-state index contributed by atoms with van der Waals surface area (Å²) in [5.41, 5.74) is 2.21. The molecule has 1 aromatic carbocycles. The second kappa shape index (κ2) is 5.62. The van der Waals surface area contributed by atoms with E-state index < -0.39 is 8.32 Å². The number of rotatable bonds is 5. The van der Waals surface area contributed by atoms with Crippen molar-refractivity contribution in [2.45, 2.75) is 64.5 Å². The molecule has 20 heavy (non-hydrogen) atoms. The maximum Gasteiger partial charge on any atom is 0.192 e. The fourth-order valence-electron chi connectivity index (χ4n) is 2.09. The van der Waals surface area contributed by atoms with E-state index in [1.165, 1.54) is 0 Å². The summed E-state index contributed by atoms with van der Waals surface area (Å²) < 4.78 is 6.30. The van der Waals surface area contributed by atoms with Gasteiger partial charge in [-0.3, -0.25) is 0 Å². The number of hydrogen-bond acceptors (Lipinski definition) is 2. The molecule has 0 aromatic heterocycles. The van der Waals surface area contributed by atoms with Gasteiger partial charge in [-0.1, -0.05) is 45.0 Å². The first-order valence-electron chi connectivity index (χ1n) is 7.62. The largest absolute Gasteiger partial charge is 0.413 e. The average Bonchev–Trinajstić information content (AvgIpc) is 3.19. The lowest BCUT2D eigenvalue weighted by Crippen LogP contribution is -2.40. The summed E-state index contributed by atoms with van der Waals surface area (Å²) >= 11 is 0. The van der Waals surface area contributed by atoms with Gasteiger partial charge in [-0.15, -0.1) is 0 Å². The molecule has 0 radical (unpaired) electrons. The minimum absolute atomic E-state index is 0.219. The van der Waals surface area contributed by atoms with E-state index >= 15 is 0 Å². The summed E-state index contributed by atoms with van der Waals surface area (Å²) in [6.45, 7) is 11.9. The molecule has 2 rings (SSSR count). The third kappa shape index (κ3) is 3.51. The molecule has 0 saturated heterocycles. The summed E-state index contributed by atoms with van der Waals surface area (Å²) in [4.78, 5) is 0. The molecule has 0 aliphatic heterocycles. The number of aliphatic hydroxyl groups is 1. The molecule has 1 aliphatic rings. The highest BCUT2D eigenvalue weighted by atomic mass is 28.4. The summed E-state index contributed by atoms with van der Waals surface area (Å²) in [6, 6.07) is 8.19. The van der Waals surface area contributed by atoms with Crippen LogP contribution in [0.1, 0.15) is 50.8 Å². The third-order valence-electron chi connectivity index (χ3n) is 4.84. The molecule has 0 heterocycles. The first-order chi connectivity index (χ1) is 9.22. The van der Waals surface area contributed by atoms with Crippen LogP contribution in [0.4, 0.5) is 0 Å². The Morgan fingerprint density at radius 2 is 1.85 bits per heavy atom. The predicted molar refractivity (Wildman–Crippen MR) is 86.1 cm³/mol. The Morgan fingerprint density at radius 1 is 1.25 bits per heavy atom. The van der Waals surface area contributed by atoms with Crippen LogP contribution in [0.2, 0.25) is 18.1 Å². The third-order valence-corrected chi connectivity index (χ3v) is 9.32. The molecule has 1 aromatic rings. The molecule has 1 saturated carbocycles. The molecular weight excluding hydrogens is 264 g/mol. The normalized spacial score (nSPS) is 18.1.